The van der Waals surface area contributed by atoms with Crippen LogP contribution in [0.25, 0.3) is 10.9 Å². The molecule has 0 spiro atoms. The summed E-state index contributed by atoms with van der Waals surface area (Å²) in [5, 5.41) is 1.03. The van der Waals surface area contributed by atoms with E-state index in [9.17, 15) is 4.79 Å². The maximum Gasteiger partial charge on any atom is 0.338 e. The molecular formula is C22H21NO4. The summed E-state index contributed by atoms with van der Waals surface area (Å²) in [6.07, 6.45) is 4.03. The van der Waals surface area contributed by atoms with Crippen LogP contribution < -0.4 is 4.74 Å². The third kappa shape index (κ3) is 4.26. The first-order chi connectivity index (χ1) is 13.3. The van der Waals surface area contributed by atoms with E-state index in [4.69, 9.17) is 14.2 Å². The number of esters is 1. The van der Waals surface area contributed by atoms with Crippen molar-refractivity contribution >= 4 is 16.9 Å². The fourth-order valence-corrected chi connectivity index (χ4v) is 3.16. The third-order valence-corrected chi connectivity index (χ3v) is 4.62. The molecule has 0 N–H and O–H groups in total. The fourth-order valence-electron chi connectivity index (χ4n) is 3.16. The Labute approximate surface area is 157 Å². The molecule has 5 heteroatoms. The zero-order valence-corrected chi connectivity index (χ0v) is 15.0. The van der Waals surface area contributed by atoms with E-state index in [0.29, 0.717) is 12.2 Å². The highest BCUT2D eigenvalue weighted by molar-refractivity contribution is 5.89. The van der Waals surface area contributed by atoms with Crippen molar-refractivity contribution in [1.29, 1.82) is 0 Å². The summed E-state index contributed by atoms with van der Waals surface area (Å²) in [6.45, 7) is 1.54. The molecule has 0 amide bonds. The van der Waals surface area contributed by atoms with Crippen LogP contribution in [-0.4, -0.2) is 30.3 Å². The number of hydrogen-bond donors (Lipinski definition) is 0. The number of carbonyl (C=O) groups is 1. The van der Waals surface area contributed by atoms with Crippen LogP contribution in [0.3, 0.4) is 0 Å². The predicted octanol–water partition coefficient (Wildman–Crippen LogP) is 4.15. The monoisotopic (exact) mass is 363 g/mol. The molecule has 0 saturated carbocycles. The predicted molar refractivity (Wildman–Crippen MR) is 102 cm³/mol. The van der Waals surface area contributed by atoms with Gasteiger partial charge in [0.15, 0.2) is 0 Å². The van der Waals surface area contributed by atoms with Gasteiger partial charge < -0.3 is 14.2 Å². The number of rotatable bonds is 6. The van der Waals surface area contributed by atoms with Crippen LogP contribution in [0.5, 0.6) is 5.75 Å². The molecule has 4 rings (SSSR count). The normalized spacial score (nSPS) is 16.4. The number of ether oxygens (including phenoxy) is 3. The first-order valence-corrected chi connectivity index (χ1v) is 9.14. The van der Waals surface area contributed by atoms with Gasteiger partial charge in [-0.3, -0.25) is 4.98 Å². The van der Waals surface area contributed by atoms with Crippen molar-refractivity contribution in [3.05, 3.63) is 71.9 Å². The number of para-hydroxylation sites is 1. The van der Waals surface area contributed by atoms with Crippen LogP contribution in [0.4, 0.5) is 0 Å². The Morgan fingerprint density at radius 3 is 2.78 bits per heavy atom. The van der Waals surface area contributed by atoms with E-state index in [1.54, 1.807) is 30.5 Å². The maximum absolute atomic E-state index is 12.3. The molecule has 1 saturated heterocycles. The molecule has 1 fully saturated rings. The fraction of sp³-hybridized carbons (Fsp3) is 0.273. The second-order valence-corrected chi connectivity index (χ2v) is 6.54. The van der Waals surface area contributed by atoms with Crippen LogP contribution in [0.15, 0.2) is 60.8 Å². The second-order valence-electron chi connectivity index (χ2n) is 6.54. The zero-order chi connectivity index (χ0) is 18.5. The summed E-state index contributed by atoms with van der Waals surface area (Å²) in [6, 6.07) is 16.7. The number of fused-ring (bicyclic) bond motifs is 1. The van der Waals surface area contributed by atoms with Gasteiger partial charge in [0.2, 0.25) is 0 Å². The van der Waals surface area contributed by atoms with Crippen molar-refractivity contribution in [2.45, 2.75) is 25.6 Å². The van der Waals surface area contributed by atoms with Crippen LogP contribution in [0.2, 0.25) is 0 Å². The van der Waals surface area contributed by atoms with E-state index < -0.39 is 0 Å². The lowest BCUT2D eigenvalue weighted by Crippen LogP contribution is -2.16. The molecule has 1 aliphatic heterocycles. The summed E-state index contributed by atoms with van der Waals surface area (Å²) in [5.41, 5.74) is 2.23. The standard InChI is InChI=1S/C22H21NO4/c24-22(27-14-18-5-1-4-16-6-2-12-23-21(16)18)17-8-10-19(11-9-17)26-15-20-7-3-13-25-20/h1-2,4-6,8-12,20H,3,7,13-15H2. The molecule has 2 heterocycles. The minimum Gasteiger partial charge on any atom is -0.491 e. The maximum atomic E-state index is 12.3. The molecule has 5 nitrogen and oxygen atoms in total. The highest BCUT2D eigenvalue weighted by Crippen LogP contribution is 2.19. The lowest BCUT2D eigenvalue weighted by molar-refractivity contribution is 0.0474. The van der Waals surface area contributed by atoms with Gasteiger partial charge in [-0.25, -0.2) is 4.79 Å². The molecule has 2 aromatic carbocycles. The van der Waals surface area contributed by atoms with Crippen LogP contribution in [-0.2, 0) is 16.1 Å². The molecule has 0 aliphatic carbocycles. The quantitative estimate of drug-likeness (QED) is 0.616. The number of benzene rings is 2. The highest BCUT2D eigenvalue weighted by atomic mass is 16.5. The molecule has 0 radical (unpaired) electrons. The van der Waals surface area contributed by atoms with E-state index in [1.165, 1.54) is 0 Å². The lowest BCUT2D eigenvalue weighted by Gasteiger charge is -2.12. The van der Waals surface area contributed by atoms with Crippen LogP contribution >= 0.6 is 0 Å². The molecule has 138 valence electrons. The second kappa shape index (κ2) is 8.18. The van der Waals surface area contributed by atoms with E-state index in [2.05, 4.69) is 4.98 Å². The molecule has 1 atom stereocenters. The van der Waals surface area contributed by atoms with Gasteiger partial charge in [0, 0.05) is 23.8 Å². The molecule has 3 aromatic rings. The Kier molecular flexibility index (Phi) is 5.30. The van der Waals surface area contributed by atoms with Gasteiger partial charge in [-0.15, -0.1) is 0 Å². The Balaban J connectivity index is 1.35. The van der Waals surface area contributed by atoms with Crippen molar-refractivity contribution in [3.63, 3.8) is 0 Å². The average Bonchev–Trinajstić information content (AvgIpc) is 3.24. The van der Waals surface area contributed by atoms with Gasteiger partial charge in [0.1, 0.15) is 19.0 Å². The Morgan fingerprint density at radius 2 is 1.96 bits per heavy atom. The van der Waals surface area contributed by atoms with Crippen molar-refractivity contribution in [2.75, 3.05) is 13.2 Å². The summed E-state index contributed by atoms with van der Waals surface area (Å²) < 4.78 is 16.7. The number of nitrogens with zero attached hydrogens (tertiary/aromatic N) is 1. The van der Waals surface area contributed by atoms with E-state index in [-0.39, 0.29) is 18.7 Å². The van der Waals surface area contributed by atoms with Gasteiger partial charge in [-0.1, -0.05) is 24.3 Å². The van der Waals surface area contributed by atoms with Gasteiger partial charge in [0.05, 0.1) is 17.2 Å². The first-order valence-electron chi connectivity index (χ1n) is 9.14. The number of pyridine rings is 1. The smallest absolute Gasteiger partial charge is 0.338 e. The van der Waals surface area contributed by atoms with Gasteiger partial charge in [-0.05, 0) is 43.2 Å². The molecule has 0 bridgehead atoms. The molecule has 1 unspecified atom stereocenters. The van der Waals surface area contributed by atoms with Crippen LogP contribution in [0, 0.1) is 0 Å². The zero-order valence-electron chi connectivity index (χ0n) is 15.0. The van der Waals surface area contributed by atoms with Crippen molar-refractivity contribution in [3.8, 4) is 5.75 Å². The molecule has 27 heavy (non-hydrogen) atoms. The van der Waals surface area contributed by atoms with Gasteiger partial charge in [-0.2, -0.15) is 0 Å². The van der Waals surface area contributed by atoms with E-state index in [1.807, 2.05) is 30.3 Å². The highest BCUT2D eigenvalue weighted by Gasteiger charge is 2.16. The third-order valence-electron chi connectivity index (χ3n) is 4.62. The number of hydrogen-bond acceptors (Lipinski definition) is 5. The van der Waals surface area contributed by atoms with Crippen LogP contribution in [0.1, 0.15) is 28.8 Å². The Morgan fingerprint density at radius 1 is 1.11 bits per heavy atom. The largest absolute Gasteiger partial charge is 0.491 e. The van der Waals surface area contributed by atoms with Crippen molar-refractivity contribution < 1.29 is 19.0 Å². The first kappa shape index (κ1) is 17.5. The van der Waals surface area contributed by atoms with Gasteiger partial charge in [0.25, 0.3) is 0 Å². The Bertz CT molecular complexity index is 912. The van der Waals surface area contributed by atoms with Crippen molar-refractivity contribution in [2.24, 2.45) is 0 Å². The molecule has 1 aliphatic rings. The lowest BCUT2D eigenvalue weighted by atomic mass is 10.1. The molecule has 1 aromatic heterocycles. The summed E-state index contributed by atoms with van der Waals surface area (Å²) in [7, 11) is 0. The minimum atomic E-state index is -0.367. The Hall–Kier alpha value is -2.92. The summed E-state index contributed by atoms with van der Waals surface area (Å²) in [5.74, 6) is 0.355. The topological polar surface area (TPSA) is 57.7 Å². The average molecular weight is 363 g/mol. The van der Waals surface area contributed by atoms with Gasteiger partial charge >= 0.3 is 5.97 Å². The SMILES string of the molecule is O=C(OCc1cccc2cccnc12)c1ccc(OCC2CCCO2)cc1. The summed E-state index contributed by atoms with van der Waals surface area (Å²) in [4.78, 5) is 16.7. The summed E-state index contributed by atoms with van der Waals surface area (Å²) >= 11 is 0. The number of carbonyl (C=O) groups excluding carboxylic acids is 1. The van der Waals surface area contributed by atoms with Crippen molar-refractivity contribution in [1.82, 2.24) is 4.98 Å². The number of aromatic nitrogens is 1. The molecular weight excluding hydrogens is 342 g/mol. The van der Waals surface area contributed by atoms with E-state index in [0.717, 1.165) is 41.7 Å². The van der Waals surface area contributed by atoms with E-state index >= 15 is 0 Å². The minimum absolute atomic E-state index is 0.170.